The molecular formula is C8H3ClN2. The minimum Gasteiger partial charge on any atom is -0.263 e. The highest BCUT2D eigenvalue weighted by Gasteiger charge is 1.92. The number of hydrogen-bond acceptors (Lipinski definition) is 2. The number of hydrogen-bond donors (Lipinski definition) is 0. The van der Waals surface area contributed by atoms with E-state index in [1.165, 1.54) is 6.20 Å². The highest BCUT2D eigenvalue weighted by Crippen LogP contribution is 2.10. The van der Waals surface area contributed by atoms with Crippen LogP contribution < -0.4 is 0 Å². The molecule has 1 aromatic heterocycles. The van der Waals surface area contributed by atoms with E-state index in [1.54, 1.807) is 18.3 Å². The van der Waals surface area contributed by atoms with Crippen molar-refractivity contribution in [1.82, 2.24) is 4.98 Å². The molecule has 0 amide bonds. The molecule has 0 aliphatic carbocycles. The second-order valence-electron chi connectivity index (χ2n) is 1.72. The van der Waals surface area contributed by atoms with Crippen LogP contribution in [0, 0.1) is 23.2 Å². The molecule has 0 aromatic carbocycles. The zero-order chi connectivity index (χ0) is 8.10. The number of nitrogens with zero attached hydrogens (tertiary/aromatic N) is 2. The van der Waals surface area contributed by atoms with E-state index in [1.807, 2.05) is 0 Å². The Hall–Kier alpha value is -1.51. The summed E-state index contributed by atoms with van der Waals surface area (Å²) < 4.78 is 0. The molecule has 1 aromatic rings. The second kappa shape index (κ2) is 3.61. The molecule has 0 N–H and O–H groups in total. The van der Waals surface area contributed by atoms with Gasteiger partial charge >= 0.3 is 0 Å². The van der Waals surface area contributed by atoms with E-state index in [9.17, 15) is 0 Å². The average molecular weight is 163 g/mol. The molecule has 0 saturated carbocycles. The third-order valence-electron chi connectivity index (χ3n) is 1.03. The Morgan fingerprint density at radius 1 is 1.55 bits per heavy atom. The topological polar surface area (TPSA) is 36.7 Å². The van der Waals surface area contributed by atoms with Crippen molar-refractivity contribution in [3.63, 3.8) is 0 Å². The van der Waals surface area contributed by atoms with E-state index in [0.29, 0.717) is 10.6 Å². The predicted molar refractivity (Wildman–Crippen MR) is 41.7 cm³/mol. The Kier molecular flexibility index (Phi) is 2.49. The molecule has 11 heavy (non-hydrogen) atoms. The maximum Gasteiger partial charge on any atom is 0.152 e. The number of nitriles is 1. The minimum absolute atomic E-state index is 0.468. The van der Waals surface area contributed by atoms with Crippen molar-refractivity contribution < 1.29 is 0 Å². The van der Waals surface area contributed by atoms with Crippen LogP contribution in [0.2, 0.25) is 5.02 Å². The van der Waals surface area contributed by atoms with Crippen LogP contribution in [-0.2, 0) is 0 Å². The summed E-state index contributed by atoms with van der Waals surface area (Å²) in [5.41, 5.74) is 0.628. The molecular weight excluding hydrogens is 160 g/mol. The highest BCUT2D eigenvalue weighted by atomic mass is 35.5. The van der Waals surface area contributed by atoms with Gasteiger partial charge in [-0.15, -0.1) is 0 Å². The van der Waals surface area contributed by atoms with Gasteiger partial charge in [0.15, 0.2) is 6.07 Å². The zero-order valence-electron chi connectivity index (χ0n) is 5.50. The van der Waals surface area contributed by atoms with E-state index in [4.69, 9.17) is 16.9 Å². The molecule has 2 nitrogen and oxygen atoms in total. The summed E-state index contributed by atoms with van der Waals surface area (Å²) in [6.07, 6.45) is 3.07. The average Bonchev–Trinajstić information content (AvgIpc) is 2.03. The lowest BCUT2D eigenvalue weighted by molar-refractivity contribution is 1.32. The van der Waals surface area contributed by atoms with Crippen molar-refractivity contribution in [3.05, 3.63) is 29.0 Å². The molecule has 0 saturated heterocycles. The lowest BCUT2D eigenvalue weighted by Crippen LogP contribution is -1.77. The van der Waals surface area contributed by atoms with E-state index in [-0.39, 0.29) is 0 Å². The Labute approximate surface area is 69.4 Å². The minimum atomic E-state index is 0.468. The SMILES string of the molecule is N#CC#Cc1ccncc1Cl. The van der Waals surface area contributed by atoms with Gasteiger partial charge in [-0.1, -0.05) is 11.6 Å². The number of rotatable bonds is 0. The summed E-state index contributed by atoms with van der Waals surface area (Å²) in [5.74, 6) is 4.83. The van der Waals surface area contributed by atoms with Gasteiger partial charge in [-0.05, 0) is 12.0 Å². The Morgan fingerprint density at radius 3 is 3.00 bits per heavy atom. The summed E-state index contributed by atoms with van der Waals surface area (Å²) in [6.45, 7) is 0. The van der Waals surface area contributed by atoms with E-state index in [0.717, 1.165) is 0 Å². The largest absolute Gasteiger partial charge is 0.263 e. The van der Waals surface area contributed by atoms with Crippen molar-refractivity contribution in [2.45, 2.75) is 0 Å². The van der Waals surface area contributed by atoms with E-state index < -0.39 is 0 Å². The molecule has 0 fully saturated rings. The molecule has 1 heterocycles. The third-order valence-corrected chi connectivity index (χ3v) is 1.33. The number of aromatic nitrogens is 1. The monoisotopic (exact) mass is 162 g/mol. The molecule has 3 heteroatoms. The van der Waals surface area contributed by atoms with Crippen molar-refractivity contribution in [1.29, 1.82) is 5.26 Å². The van der Waals surface area contributed by atoms with Crippen molar-refractivity contribution in [2.24, 2.45) is 0 Å². The van der Waals surface area contributed by atoms with Gasteiger partial charge in [-0.25, -0.2) is 0 Å². The second-order valence-corrected chi connectivity index (χ2v) is 2.12. The van der Waals surface area contributed by atoms with Crippen LogP contribution in [0.5, 0.6) is 0 Å². The first-order valence-electron chi connectivity index (χ1n) is 2.84. The fraction of sp³-hybridized carbons (Fsp3) is 0. The lowest BCUT2D eigenvalue weighted by Gasteiger charge is -1.89. The van der Waals surface area contributed by atoms with Gasteiger partial charge in [0.1, 0.15) is 0 Å². The lowest BCUT2D eigenvalue weighted by atomic mass is 10.3. The smallest absolute Gasteiger partial charge is 0.152 e. The number of halogens is 1. The molecule has 52 valence electrons. The Morgan fingerprint density at radius 2 is 2.36 bits per heavy atom. The molecule has 0 aliphatic rings. The van der Waals surface area contributed by atoms with Gasteiger partial charge in [0.2, 0.25) is 0 Å². The third kappa shape index (κ3) is 1.97. The van der Waals surface area contributed by atoms with Crippen molar-refractivity contribution in [2.75, 3.05) is 0 Å². The van der Waals surface area contributed by atoms with Crippen LogP contribution in [0.3, 0.4) is 0 Å². The predicted octanol–water partition coefficient (Wildman–Crippen LogP) is 1.61. The molecule has 0 radical (unpaired) electrons. The molecule has 0 aliphatic heterocycles. The van der Waals surface area contributed by atoms with Gasteiger partial charge in [0.25, 0.3) is 0 Å². The fourth-order valence-electron chi connectivity index (χ4n) is 0.572. The van der Waals surface area contributed by atoms with E-state index in [2.05, 4.69) is 16.8 Å². The van der Waals surface area contributed by atoms with Crippen LogP contribution in [-0.4, -0.2) is 4.98 Å². The first-order valence-corrected chi connectivity index (χ1v) is 3.22. The summed E-state index contributed by atoms with van der Waals surface area (Å²) in [5, 5.41) is 8.60. The Bertz CT molecular complexity index is 354. The first kappa shape index (κ1) is 7.60. The molecule has 0 spiro atoms. The normalized spacial score (nSPS) is 7.64. The van der Waals surface area contributed by atoms with Gasteiger partial charge in [0, 0.05) is 23.9 Å². The first-order chi connectivity index (χ1) is 5.34. The van der Waals surface area contributed by atoms with Crippen molar-refractivity contribution >= 4 is 11.6 Å². The van der Waals surface area contributed by atoms with Crippen LogP contribution in [0.4, 0.5) is 0 Å². The van der Waals surface area contributed by atoms with Gasteiger partial charge < -0.3 is 0 Å². The van der Waals surface area contributed by atoms with Crippen LogP contribution in [0.1, 0.15) is 5.56 Å². The van der Waals surface area contributed by atoms with Crippen molar-refractivity contribution in [3.8, 4) is 17.9 Å². The van der Waals surface area contributed by atoms with Gasteiger partial charge in [0.05, 0.1) is 5.02 Å². The van der Waals surface area contributed by atoms with Gasteiger partial charge in [-0.3, -0.25) is 4.98 Å². The van der Waals surface area contributed by atoms with E-state index >= 15 is 0 Å². The maximum atomic E-state index is 8.14. The van der Waals surface area contributed by atoms with Crippen LogP contribution in [0.15, 0.2) is 18.5 Å². The number of pyridine rings is 1. The van der Waals surface area contributed by atoms with Gasteiger partial charge in [-0.2, -0.15) is 5.26 Å². The van der Waals surface area contributed by atoms with Crippen LogP contribution >= 0.6 is 11.6 Å². The maximum absolute atomic E-state index is 8.14. The summed E-state index contributed by atoms with van der Waals surface area (Å²) in [6, 6.07) is 3.36. The quantitative estimate of drug-likeness (QED) is 0.544. The summed E-state index contributed by atoms with van der Waals surface area (Å²) in [4.78, 5) is 3.77. The zero-order valence-corrected chi connectivity index (χ0v) is 6.26. The molecule has 0 unspecified atom stereocenters. The summed E-state index contributed by atoms with van der Waals surface area (Å²) in [7, 11) is 0. The molecule has 1 rings (SSSR count). The fourth-order valence-corrected chi connectivity index (χ4v) is 0.738. The summed E-state index contributed by atoms with van der Waals surface area (Å²) >= 11 is 5.69. The highest BCUT2D eigenvalue weighted by molar-refractivity contribution is 6.31. The Balaban J connectivity index is 3.07. The molecule has 0 atom stereocenters. The van der Waals surface area contributed by atoms with Crippen LogP contribution in [0.25, 0.3) is 0 Å². The molecule has 0 bridgehead atoms. The standard InChI is InChI=1S/C8H3ClN2/c9-8-6-11-5-3-7(8)2-1-4-10/h3,5-6H.